The van der Waals surface area contributed by atoms with Crippen molar-refractivity contribution in [1.29, 1.82) is 0 Å². The van der Waals surface area contributed by atoms with Gasteiger partial charge < -0.3 is 9.47 Å². The minimum atomic E-state index is -0.356. The smallest absolute Gasteiger partial charge is 0.312 e. The lowest BCUT2D eigenvalue weighted by atomic mass is 9.66. The quantitative estimate of drug-likeness (QED) is 0.129. The number of esters is 2. The Kier molecular flexibility index (Phi) is 18.8. The molecule has 0 amide bonds. The number of ether oxygens (including phenoxy) is 2. The van der Waals surface area contributed by atoms with Gasteiger partial charge in [-0.15, -0.1) is 0 Å². The Hall–Kier alpha value is -1.06. The summed E-state index contributed by atoms with van der Waals surface area (Å²) < 4.78 is 10.9. The van der Waals surface area contributed by atoms with Crippen molar-refractivity contribution < 1.29 is 19.1 Å². The van der Waals surface area contributed by atoms with E-state index in [-0.39, 0.29) is 17.4 Å². The largest absolute Gasteiger partial charge is 0.466 e. The van der Waals surface area contributed by atoms with E-state index in [1.807, 2.05) is 0 Å². The highest BCUT2D eigenvalue weighted by Crippen LogP contribution is 2.42. The molecule has 0 N–H and O–H groups in total. The summed E-state index contributed by atoms with van der Waals surface area (Å²) in [7, 11) is 0. The molecule has 0 aliphatic heterocycles. The van der Waals surface area contributed by atoms with E-state index in [2.05, 4.69) is 41.5 Å². The van der Waals surface area contributed by atoms with Crippen molar-refractivity contribution in [2.45, 2.75) is 138 Å². The van der Waals surface area contributed by atoms with Crippen LogP contribution in [0.15, 0.2) is 0 Å². The van der Waals surface area contributed by atoms with Crippen LogP contribution in [0.4, 0.5) is 0 Å². The average Bonchev–Trinajstić information content (AvgIpc) is 2.74. The van der Waals surface area contributed by atoms with E-state index >= 15 is 0 Å². The standard InChI is InChI=1S/C28H54O4/c1-7-9-22-31-26(29)20-18-16-14-12-11-13-15-17-19-21-28(24(3)4,25(5)6)27(30)32-23-10-8-2/h24-25H,7-23H2,1-6H3. The van der Waals surface area contributed by atoms with Gasteiger partial charge in [0.2, 0.25) is 0 Å². The molecule has 0 aromatic carbocycles. The minimum Gasteiger partial charge on any atom is -0.466 e. The van der Waals surface area contributed by atoms with Crippen molar-refractivity contribution >= 4 is 11.9 Å². The lowest BCUT2D eigenvalue weighted by Gasteiger charge is -2.39. The molecule has 0 bridgehead atoms. The predicted octanol–water partition coefficient (Wildman–Crippen LogP) is 8.26. The van der Waals surface area contributed by atoms with Gasteiger partial charge in [0, 0.05) is 6.42 Å². The summed E-state index contributed by atoms with van der Waals surface area (Å²) in [4.78, 5) is 24.5. The van der Waals surface area contributed by atoms with Crippen molar-refractivity contribution in [2.75, 3.05) is 13.2 Å². The number of carbonyl (C=O) groups is 2. The molecule has 4 nitrogen and oxygen atoms in total. The molecule has 0 saturated carbocycles. The predicted molar refractivity (Wildman–Crippen MR) is 135 cm³/mol. The van der Waals surface area contributed by atoms with Crippen LogP contribution in [0, 0.1) is 17.3 Å². The summed E-state index contributed by atoms with van der Waals surface area (Å²) in [5, 5.41) is 0. The second kappa shape index (κ2) is 19.4. The maximum Gasteiger partial charge on any atom is 0.312 e. The summed E-state index contributed by atoms with van der Waals surface area (Å²) in [6, 6.07) is 0. The average molecular weight is 455 g/mol. The second-order valence-electron chi connectivity index (χ2n) is 10.1. The van der Waals surface area contributed by atoms with Gasteiger partial charge in [-0.05, 0) is 37.5 Å². The zero-order chi connectivity index (χ0) is 24.2. The number of hydrogen-bond donors (Lipinski definition) is 0. The van der Waals surface area contributed by atoms with Gasteiger partial charge >= 0.3 is 11.9 Å². The normalized spacial score (nSPS) is 11.9. The third-order valence-electron chi connectivity index (χ3n) is 6.90. The Balaban J connectivity index is 3.98. The SMILES string of the molecule is CCCCOC(=O)CCCCCCCCCCCC(C(=O)OCCCC)(C(C)C)C(C)C. The zero-order valence-corrected chi connectivity index (χ0v) is 22.3. The van der Waals surface area contributed by atoms with Gasteiger partial charge in [0.05, 0.1) is 18.6 Å². The van der Waals surface area contributed by atoms with Crippen LogP contribution in [-0.4, -0.2) is 25.2 Å². The van der Waals surface area contributed by atoms with Crippen LogP contribution in [-0.2, 0) is 19.1 Å². The van der Waals surface area contributed by atoms with Crippen LogP contribution < -0.4 is 0 Å². The van der Waals surface area contributed by atoms with Gasteiger partial charge in [0.15, 0.2) is 0 Å². The highest BCUT2D eigenvalue weighted by atomic mass is 16.5. The van der Waals surface area contributed by atoms with E-state index in [1.54, 1.807) is 0 Å². The topological polar surface area (TPSA) is 52.6 Å². The Morgan fingerprint density at radius 1 is 0.625 bits per heavy atom. The van der Waals surface area contributed by atoms with Crippen molar-refractivity contribution in [1.82, 2.24) is 0 Å². The Morgan fingerprint density at radius 3 is 1.53 bits per heavy atom. The molecule has 190 valence electrons. The van der Waals surface area contributed by atoms with E-state index < -0.39 is 0 Å². The lowest BCUT2D eigenvalue weighted by molar-refractivity contribution is -0.164. The number of rotatable bonds is 21. The first kappa shape index (κ1) is 30.9. The van der Waals surface area contributed by atoms with Gasteiger partial charge in [-0.25, -0.2) is 0 Å². The Labute approximate surface area is 199 Å². The molecule has 0 aromatic rings. The molecular weight excluding hydrogens is 400 g/mol. The summed E-state index contributed by atoms with van der Waals surface area (Å²) in [6.45, 7) is 14.0. The van der Waals surface area contributed by atoms with Crippen LogP contribution in [0.1, 0.15) is 138 Å². The zero-order valence-electron chi connectivity index (χ0n) is 22.3. The Bertz CT molecular complexity index is 462. The molecule has 0 atom stereocenters. The first-order valence-corrected chi connectivity index (χ1v) is 13.7. The first-order chi connectivity index (χ1) is 15.3. The molecule has 0 unspecified atom stereocenters. The number of hydrogen-bond acceptors (Lipinski definition) is 4. The summed E-state index contributed by atoms with van der Waals surface area (Å²) >= 11 is 0. The van der Waals surface area contributed by atoms with Crippen LogP contribution in [0.25, 0.3) is 0 Å². The van der Waals surface area contributed by atoms with E-state index in [0.29, 0.717) is 31.5 Å². The Morgan fingerprint density at radius 2 is 1.06 bits per heavy atom. The summed E-state index contributed by atoms with van der Waals surface area (Å²) in [5.74, 6) is 0.567. The molecule has 0 rings (SSSR count). The van der Waals surface area contributed by atoms with Gasteiger partial charge in [0.25, 0.3) is 0 Å². The van der Waals surface area contributed by atoms with E-state index in [1.165, 1.54) is 38.5 Å². The van der Waals surface area contributed by atoms with Gasteiger partial charge in [-0.1, -0.05) is 106 Å². The molecule has 0 saturated heterocycles. The van der Waals surface area contributed by atoms with Crippen LogP contribution in [0.3, 0.4) is 0 Å². The molecule has 0 aliphatic carbocycles. The summed E-state index contributed by atoms with van der Waals surface area (Å²) in [6.07, 6.45) is 16.1. The molecule has 0 radical (unpaired) electrons. The maximum absolute atomic E-state index is 13.0. The van der Waals surface area contributed by atoms with Crippen LogP contribution in [0.2, 0.25) is 0 Å². The molecule has 0 aromatic heterocycles. The highest BCUT2D eigenvalue weighted by Gasteiger charge is 2.45. The lowest BCUT2D eigenvalue weighted by Crippen LogP contribution is -2.42. The molecule has 0 heterocycles. The molecule has 0 fully saturated rings. The number of unbranched alkanes of at least 4 members (excludes halogenated alkanes) is 10. The fraction of sp³-hybridized carbons (Fsp3) is 0.929. The monoisotopic (exact) mass is 454 g/mol. The van der Waals surface area contributed by atoms with Crippen molar-refractivity contribution in [3.63, 3.8) is 0 Å². The molecule has 4 heteroatoms. The third-order valence-corrected chi connectivity index (χ3v) is 6.90. The molecule has 32 heavy (non-hydrogen) atoms. The van der Waals surface area contributed by atoms with Crippen LogP contribution in [0.5, 0.6) is 0 Å². The second-order valence-corrected chi connectivity index (χ2v) is 10.1. The fourth-order valence-corrected chi connectivity index (χ4v) is 4.59. The summed E-state index contributed by atoms with van der Waals surface area (Å²) in [5.41, 5.74) is -0.356. The fourth-order valence-electron chi connectivity index (χ4n) is 4.59. The van der Waals surface area contributed by atoms with Gasteiger partial charge in [-0.2, -0.15) is 0 Å². The highest BCUT2D eigenvalue weighted by molar-refractivity contribution is 5.77. The first-order valence-electron chi connectivity index (χ1n) is 13.7. The van der Waals surface area contributed by atoms with Gasteiger partial charge in [-0.3, -0.25) is 9.59 Å². The minimum absolute atomic E-state index is 0.0187. The van der Waals surface area contributed by atoms with Gasteiger partial charge in [0.1, 0.15) is 0 Å². The van der Waals surface area contributed by atoms with Crippen molar-refractivity contribution in [3.05, 3.63) is 0 Å². The van der Waals surface area contributed by atoms with Crippen molar-refractivity contribution in [3.8, 4) is 0 Å². The van der Waals surface area contributed by atoms with Crippen molar-refractivity contribution in [2.24, 2.45) is 17.3 Å². The van der Waals surface area contributed by atoms with E-state index in [0.717, 1.165) is 51.4 Å². The maximum atomic E-state index is 13.0. The van der Waals surface area contributed by atoms with E-state index in [4.69, 9.17) is 9.47 Å². The molecule has 0 aliphatic rings. The van der Waals surface area contributed by atoms with E-state index in [9.17, 15) is 9.59 Å². The third kappa shape index (κ3) is 12.8. The molecular formula is C28H54O4. The number of carbonyl (C=O) groups excluding carboxylic acids is 2. The van der Waals surface area contributed by atoms with Crippen LogP contribution >= 0.6 is 0 Å². The molecule has 0 spiro atoms.